The molecule has 0 bridgehead atoms. The maximum Gasteiger partial charge on any atom is 0.170 e. The zero-order valence-corrected chi connectivity index (χ0v) is 15.5. The highest BCUT2D eigenvalue weighted by molar-refractivity contribution is 6.35. The average Bonchev–Trinajstić information content (AvgIpc) is 2.55. The summed E-state index contributed by atoms with van der Waals surface area (Å²) in [5.41, 5.74) is 1.86. The van der Waals surface area contributed by atoms with Gasteiger partial charge in [-0.1, -0.05) is 35.3 Å². The number of rotatable bonds is 8. The minimum absolute atomic E-state index is 0. The van der Waals surface area contributed by atoms with Crippen LogP contribution in [-0.4, -0.2) is 25.4 Å². The Morgan fingerprint density at radius 2 is 1.92 bits per heavy atom. The second kappa shape index (κ2) is 10.6. The lowest BCUT2D eigenvalue weighted by atomic mass is 10.1. The third-order valence-electron chi connectivity index (χ3n) is 3.36. The number of para-hydroxylation sites is 1. The van der Waals surface area contributed by atoms with E-state index in [2.05, 4.69) is 0 Å². The van der Waals surface area contributed by atoms with Crippen molar-refractivity contribution in [2.24, 2.45) is 0 Å². The summed E-state index contributed by atoms with van der Waals surface area (Å²) in [5.74, 6) is 1.36. The predicted molar refractivity (Wildman–Crippen MR) is 91.4 cm³/mol. The number of halogens is 3. The minimum Gasteiger partial charge on any atom is -1.00 e. The first kappa shape index (κ1) is 20.9. The van der Waals surface area contributed by atoms with Crippen molar-refractivity contribution in [1.29, 1.82) is 0 Å². The molecule has 0 heterocycles. The average molecular weight is 393 g/mol. The van der Waals surface area contributed by atoms with Crippen molar-refractivity contribution in [1.82, 2.24) is 0 Å². The molecule has 2 aromatic carbocycles. The molecule has 4 nitrogen and oxygen atoms in total. The van der Waals surface area contributed by atoms with Crippen molar-refractivity contribution in [2.75, 3.05) is 20.3 Å². The highest BCUT2D eigenvalue weighted by Gasteiger charge is 2.13. The van der Waals surface area contributed by atoms with Gasteiger partial charge in [0.15, 0.2) is 11.5 Å². The normalized spacial score (nSPS) is 10.2. The van der Waals surface area contributed by atoms with E-state index < -0.39 is 0 Å². The summed E-state index contributed by atoms with van der Waals surface area (Å²) in [6.07, 6.45) is 0. The summed E-state index contributed by atoms with van der Waals surface area (Å²) in [6.45, 7) is 1.80. The van der Waals surface area contributed by atoms with Crippen molar-refractivity contribution in [2.45, 2.75) is 13.2 Å². The van der Waals surface area contributed by atoms with Gasteiger partial charge in [-0.05, 0) is 24.3 Å². The van der Waals surface area contributed by atoms with E-state index in [1.54, 1.807) is 19.2 Å². The second-order valence-electron chi connectivity index (χ2n) is 4.98. The number of quaternary nitrogens is 1. The van der Waals surface area contributed by atoms with Crippen LogP contribution in [0.1, 0.15) is 11.1 Å². The SMILES string of the molecule is COc1cccc(C[NH2+]CCO)c1OCc1ccc(Cl)cc1Cl.[Cl-]. The molecular weight excluding hydrogens is 373 g/mol. The van der Waals surface area contributed by atoms with Crippen LogP contribution in [0.4, 0.5) is 0 Å². The van der Waals surface area contributed by atoms with E-state index in [1.807, 2.05) is 29.6 Å². The molecule has 0 radical (unpaired) electrons. The summed E-state index contributed by atoms with van der Waals surface area (Å²) in [6, 6.07) is 11.1. The Hall–Kier alpha value is -1.17. The van der Waals surface area contributed by atoms with E-state index in [0.29, 0.717) is 41.2 Å². The van der Waals surface area contributed by atoms with Crippen molar-refractivity contribution >= 4 is 23.2 Å². The van der Waals surface area contributed by atoms with Crippen LogP contribution in [0.3, 0.4) is 0 Å². The molecule has 0 aliphatic heterocycles. The first-order chi connectivity index (χ1) is 11.2. The van der Waals surface area contributed by atoms with Gasteiger partial charge in [0.1, 0.15) is 13.2 Å². The molecule has 2 rings (SSSR count). The van der Waals surface area contributed by atoms with Crippen LogP contribution < -0.4 is 27.2 Å². The van der Waals surface area contributed by atoms with Crippen LogP contribution in [0.5, 0.6) is 11.5 Å². The number of nitrogens with two attached hydrogens (primary N) is 1. The fraction of sp³-hybridized carbons (Fsp3) is 0.294. The van der Waals surface area contributed by atoms with E-state index in [-0.39, 0.29) is 19.0 Å². The number of methoxy groups -OCH3 is 1. The summed E-state index contributed by atoms with van der Waals surface area (Å²) in [7, 11) is 1.61. The van der Waals surface area contributed by atoms with Gasteiger partial charge >= 0.3 is 0 Å². The molecule has 24 heavy (non-hydrogen) atoms. The summed E-state index contributed by atoms with van der Waals surface area (Å²) < 4.78 is 11.3. The molecule has 0 spiro atoms. The van der Waals surface area contributed by atoms with Crippen LogP contribution in [0, 0.1) is 0 Å². The molecule has 2 aromatic rings. The molecule has 0 saturated heterocycles. The molecule has 0 aliphatic rings. The molecule has 132 valence electrons. The number of aliphatic hydroxyl groups is 1. The third kappa shape index (κ3) is 5.72. The van der Waals surface area contributed by atoms with Crippen LogP contribution in [-0.2, 0) is 13.2 Å². The number of benzene rings is 2. The minimum atomic E-state index is 0. The van der Waals surface area contributed by atoms with E-state index >= 15 is 0 Å². The Kier molecular flexibility index (Phi) is 9.26. The van der Waals surface area contributed by atoms with Crippen LogP contribution in [0.2, 0.25) is 10.0 Å². The molecule has 7 heteroatoms. The van der Waals surface area contributed by atoms with Gasteiger partial charge in [0, 0.05) is 15.6 Å². The highest BCUT2D eigenvalue weighted by Crippen LogP contribution is 2.32. The van der Waals surface area contributed by atoms with Gasteiger partial charge in [-0.3, -0.25) is 0 Å². The van der Waals surface area contributed by atoms with Crippen molar-refractivity contribution < 1.29 is 32.3 Å². The lowest BCUT2D eigenvalue weighted by Gasteiger charge is -2.15. The summed E-state index contributed by atoms with van der Waals surface area (Å²) in [5, 5.41) is 12.1. The lowest BCUT2D eigenvalue weighted by Crippen LogP contribution is -3.00. The fourth-order valence-corrected chi connectivity index (χ4v) is 2.65. The van der Waals surface area contributed by atoms with Gasteiger partial charge in [-0.15, -0.1) is 0 Å². The first-order valence-electron chi connectivity index (χ1n) is 7.31. The summed E-state index contributed by atoms with van der Waals surface area (Å²) in [4.78, 5) is 0. The molecular formula is C17H20Cl3NO3. The number of hydrogen-bond donors (Lipinski definition) is 2. The Morgan fingerprint density at radius 3 is 2.58 bits per heavy atom. The van der Waals surface area contributed by atoms with Gasteiger partial charge in [0.05, 0.1) is 25.8 Å². The highest BCUT2D eigenvalue weighted by atomic mass is 35.5. The molecule has 0 saturated carbocycles. The number of aliphatic hydroxyl groups excluding tert-OH is 1. The monoisotopic (exact) mass is 391 g/mol. The maximum absolute atomic E-state index is 8.91. The number of ether oxygens (including phenoxy) is 2. The third-order valence-corrected chi connectivity index (χ3v) is 3.95. The Morgan fingerprint density at radius 1 is 1.12 bits per heavy atom. The van der Waals surface area contributed by atoms with Crippen molar-refractivity contribution in [3.05, 3.63) is 57.6 Å². The topological polar surface area (TPSA) is 55.3 Å². The van der Waals surface area contributed by atoms with Gasteiger partial charge < -0.3 is 32.3 Å². The molecule has 0 aliphatic carbocycles. The predicted octanol–water partition coefficient (Wildman–Crippen LogP) is -0.359. The van der Waals surface area contributed by atoms with Crippen molar-refractivity contribution in [3.8, 4) is 11.5 Å². The second-order valence-corrected chi connectivity index (χ2v) is 5.82. The molecule has 0 unspecified atom stereocenters. The standard InChI is InChI=1S/C17H19Cl2NO3.ClH/c1-22-16-4-2-3-12(10-20-7-8-21)17(16)23-11-13-5-6-14(18)9-15(13)19;/h2-6,9,20-21H,7-8,10-11H2,1H3;1H. The maximum atomic E-state index is 8.91. The van der Waals surface area contributed by atoms with E-state index in [1.165, 1.54) is 0 Å². The van der Waals surface area contributed by atoms with E-state index in [4.69, 9.17) is 37.8 Å². The molecule has 0 fully saturated rings. The Balaban J connectivity index is 0.00000288. The largest absolute Gasteiger partial charge is 1.00 e. The van der Waals surface area contributed by atoms with Crippen LogP contribution >= 0.6 is 23.2 Å². The van der Waals surface area contributed by atoms with Crippen LogP contribution in [0.15, 0.2) is 36.4 Å². The fourth-order valence-electron chi connectivity index (χ4n) is 2.18. The van der Waals surface area contributed by atoms with Gasteiger partial charge in [-0.25, -0.2) is 0 Å². The lowest BCUT2D eigenvalue weighted by molar-refractivity contribution is -0.671. The van der Waals surface area contributed by atoms with Crippen molar-refractivity contribution in [3.63, 3.8) is 0 Å². The van der Waals surface area contributed by atoms with Gasteiger partial charge in [0.2, 0.25) is 0 Å². The molecule has 3 N–H and O–H groups in total. The Bertz CT molecular complexity index is 653. The molecule has 0 aromatic heterocycles. The Labute approximate surface area is 158 Å². The van der Waals surface area contributed by atoms with E-state index in [0.717, 1.165) is 11.1 Å². The van der Waals surface area contributed by atoms with Gasteiger partial charge in [0.25, 0.3) is 0 Å². The zero-order valence-electron chi connectivity index (χ0n) is 13.3. The van der Waals surface area contributed by atoms with E-state index in [9.17, 15) is 0 Å². The zero-order chi connectivity index (χ0) is 16.7. The first-order valence-corrected chi connectivity index (χ1v) is 8.06. The molecule has 0 atom stereocenters. The van der Waals surface area contributed by atoms with Gasteiger partial charge in [-0.2, -0.15) is 0 Å². The summed E-state index contributed by atoms with van der Waals surface area (Å²) >= 11 is 12.1. The quantitative estimate of drug-likeness (QED) is 0.603. The number of hydrogen-bond acceptors (Lipinski definition) is 3. The smallest absolute Gasteiger partial charge is 0.170 e. The molecule has 0 amide bonds. The van der Waals surface area contributed by atoms with Crippen LogP contribution in [0.25, 0.3) is 0 Å².